The van der Waals surface area contributed by atoms with Crippen molar-refractivity contribution in [2.45, 2.75) is 44.1 Å². The van der Waals surface area contributed by atoms with E-state index >= 15 is 0 Å². The maximum Gasteiger partial charge on any atom is 0.262 e. The van der Waals surface area contributed by atoms with Crippen molar-refractivity contribution in [1.82, 2.24) is 4.90 Å². The Morgan fingerprint density at radius 3 is 2.66 bits per heavy atom. The number of thioether (sulfide) groups is 1. The predicted octanol–water partition coefficient (Wildman–Crippen LogP) is 5.59. The lowest BCUT2D eigenvalue weighted by atomic mass is 9.85. The Hall–Kier alpha value is -2.40. The number of anilines is 1. The molecule has 4 nitrogen and oxygen atoms in total. The molecule has 2 fully saturated rings. The van der Waals surface area contributed by atoms with E-state index in [2.05, 4.69) is 29.3 Å². The van der Waals surface area contributed by atoms with Crippen molar-refractivity contribution >= 4 is 29.4 Å². The smallest absolute Gasteiger partial charge is 0.262 e. The van der Waals surface area contributed by atoms with Crippen LogP contribution >= 0.6 is 11.8 Å². The van der Waals surface area contributed by atoms with E-state index in [9.17, 15) is 4.79 Å². The third-order valence-corrected chi connectivity index (χ3v) is 6.93. The Morgan fingerprint density at radius 1 is 1.10 bits per heavy atom. The van der Waals surface area contributed by atoms with Crippen molar-refractivity contribution in [3.8, 4) is 5.75 Å². The highest BCUT2D eigenvalue weighted by Crippen LogP contribution is 2.42. The molecule has 2 aliphatic rings. The zero-order valence-electron chi connectivity index (χ0n) is 17.0. The number of hydrogen-bond donors (Lipinski definition) is 1. The predicted molar refractivity (Wildman–Crippen MR) is 121 cm³/mol. The second-order valence-corrected chi connectivity index (χ2v) is 8.93. The zero-order valence-corrected chi connectivity index (χ0v) is 17.8. The number of benzene rings is 2. The number of methoxy groups -OCH3 is 1. The topological polar surface area (TPSA) is 41.6 Å². The number of carbonyl (C=O) groups is 1. The standard InChI is InChI=1S/C24H28N2O2S/c1-17-9-6-7-14-21(17)26-23(27)22(16-18-10-8-13-20(15-18)28-2)29-24(26)25-19-11-4-3-5-12-19/h3-5,8,10-13,15-17,21,24-25H,6-7,9,14H2,1-2H3/b22-16-/t17-,21+,24?/m1/s1. The van der Waals surface area contributed by atoms with E-state index in [1.165, 1.54) is 19.3 Å². The Morgan fingerprint density at radius 2 is 1.90 bits per heavy atom. The Bertz CT molecular complexity index is 883. The summed E-state index contributed by atoms with van der Waals surface area (Å²) in [6.07, 6.45) is 6.70. The van der Waals surface area contributed by atoms with Gasteiger partial charge in [0.15, 0.2) is 5.50 Å². The number of hydrogen-bond acceptors (Lipinski definition) is 4. The van der Waals surface area contributed by atoms with Gasteiger partial charge in [-0.1, -0.05) is 61.9 Å². The molecule has 0 aromatic heterocycles. The number of nitrogens with zero attached hydrogens (tertiary/aromatic N) is 1. The summed E-state index contributed by atoms with van der Waals surface area (Å²) >= 11 is 1.61. The van der Waals surface area contributed by atoms with Crippen LogP contribution in [0.5, 0.6) is 5.75 Å². The highest BCUT2D eigenvalue weighted by molar-refractivity contribution is 8.05. The summed E-state index contributed by atoms with van der Waals surface area (Å²) in [6, 6.07) is 18.3. The average Bonchev–Trinajstić information content (AvgIpc) is 3.04. The lowest BCUT2D eigenvalue weighted by Gasteiger charge is -2.39. The Balaban J connectivity index is 1.64. The van der Waals surface area contributed by atoms with Crippen LogP contribution in [0.4, 0.5) is 5.69 Å². The average molecular weight is 409 g/mol. The lowest BCUT2D eigenvalue weighted by molar-refractivity contribution is -0.129. The molecule has 0 bridgehead atoms. The van der Waals surface area contributed by atoms with Crippen LogP contribution < -0.4 is 10.1 Å². The van der Waals surface area contributed by atoms with Crippen molar-refractivity contribution in [3.05, 3.63) is 65.1 Å². The van der Waals surface area contributed by atoms with Crippen LogP contribution in [0.3, 0.4) is 0 Å². The quantitative estimate of drug-likeness (QED) is 0.655. The zero-order chi connectivity index (χ0) is 20.2. The van der Waals surface area contributed by atoms with Gasteiger partial charge in [-0.3, -0.25) is 4.79 Å². The molecule has 1 unspecified atom stereocenters. The fraction of sp³-hybridized carbons (Fsp3) is 0.375. The number of nitrogens with one attached hydrogen (secondary N) is 1. The SMILES string of the molecule is COc1cccc(/C=C2\SC(Nc3ccccc3)N([C@H]3CCCC[C@H]3C)C2=O)c1. The molecule has 1 amide bonds. The number of rotatable bonds is 5. The molecule has 1 saturated heterocycles. The molecule has 4 rings (SSSR count). The molecule has 1 aliphatic carbocycles. The Kier molecular flexibility index (Phi) is 6.14. The summed E-state index contributed by atoms with van der Waals surface area (Å²) in [5.41, 5.74) is 1.93. The molecule has 152 valence electrons. The fourth-order valence-electron chi connectivity index (χ4n) is 4.25. The molecule has 3 atom stereocenters. The minimum Gasteiger partial charge on any atom is -0.497 e. The van der Waals surface area contributed by atoms with Crippen molar-refractivity contribution in [2.75, 3.05) is 12.4 Å². The largest absolute Gasteiger partial charge is 0.497 e. The summed E-state index contributed by atoms with van der Waals surface area (Å²) in [6.45, 7) is 2.28. The second kappa shape index (κ2) is 8.95. The van der Waals surface area contributed by atoms with Crippen molar-refractivity contribution in [3.63, 3.8) is 0 Å². The highest BCUT2D eigenvalue weighted by Gasteiger charge is 2.42. The molecule has 5 heteroatoms. The van der Waals surface area contributed by atoms with Crippen molar-refractivity contribution in [1.29, 1.82) is 0 Å². The Labute approximate surface area is 177 Å². The molecule has 0 radical (unpaired) electrons. The molecule has 2 aromatic rings. The molecule has 2 aromatic carbocycles. The van der Waals surface area contributed by atoms with Gasteiger partial charge in [-0.15, -0.1) is 0 Å². The number of para-hydroxylation sites is 1. The second-order valence-electron chi connectivity index (χ2n) is 7.81. The third kappa shape index (κ3) is 4.45. The van der Waals surface area contributed by atoms with Gasteiger partial charge in [0.2, 0.25) is 0 Å². The van der Waals surface area contributed by atoms with E-state index in [1.807, 2.05) is 48.5 Å². The summed E-state index contributed by atoms with van der Waals surface area (Å²) in [4.78, 5) is 16.3. The number of ether oxygens (including phenoxy) is 1. The molecule has 1 heterocycles. The van der Waals surface area contributed by atoms with Gasteiger partial charge in [0.25, 0.3) is 5.91 Å². The van der Waals surface area contributed by atoms with E-state index < -0.39 is 0 Å². The summed E-state index contributed by atoms with van der Waals surface area (Å²) in [7, 11) is 1.66. The van der Waals surface area contributed by atoms with Crippen LogP contribution in [0.15, 0.2) is 59.5 Å². The first-order valence-corrected chi connectivity index (χ1v) is 11.2. The van der Waals surface area contributed by atoms with Gasteiger partial charge in [0, 0.05) is 11.7 Å². The summed E-state index contributed by atoms with van der Waals surface area (Å²) < 4.78 is 5.33. The van der Waals surface area contributed by atoms with Gasteiger partial charge in [-0.25, -0.2) is 0 Å². The van der Waals surface area contributed by atoms with E-state index in [0.29, 0.717) is 5.92 Å². The van der Waals surface area contributed by atoms with Crippen molar-refractivity contribution < 1.29 is 9.53 Å². The first-order valence-electron chi connectivity index (χ1n) is 10.3. The molecular weight excluding hydrogens is 380 g/mol. The van der Waals surface area contributed by atoms with Gasteiger partial charge in [0.1, 0.15) is 5.75 Å². The molecule has 1 aliphatic heterocycles. The van der Waals surface area contributed by atoms with Crippen LogP contribution in [0, 0.1) is 5.92 Å². The van der Waals surface area contributed by atoms with E-state index in [0.717, 1.165) is 28.3 Å². The monoisotopic (exact) mass is 408 g/mol. The molecular formula is C24H28N2O2S. The van der Waals surface area contributed by atoms with Crippen LogP contribution in [0.2, 0.25) is 0 Å². The third-order valence-electron chi connectivity index (χ3n) is 5.82. The minimum absolute atomic E-state index is 0.0905. The fourth-order valence-corrected chi connectivity index (χ4v) is 5.46. The minimum atomic E-state index is -0.0905. The molecule has 1 saturated carbocycles. The first-order chi connectivity index (χ1) is 14.2. The van der Waals surface area contributed by atoms with Gasteiger partial charge >= 0.3 is 0 Å². The van der Waals surface area contributed by atoms with Crippen LogP contribution in [-0.2, 0) is 4.79 Å². The summed E-state index contributed by atoms with van der Waals surface area (Å²) in [5.74, 6) is 1.45. The number of amides is 1. The van der Waals surface area contributed by atoms with Gasteiger partial charge in [-0.05, 0) is 54.7 Å². The van der Waals surface area contributed by atoms with Gasteiger partial charge < -0.3 is 15.0 Å². The first kappa shape index (κ1) is 19.9. The van der Waals surface area contributed by atoms with Crippen LogP contribution in [0.1, 0.15) is 38.2 Å². The van der Waals surface area contributed by atoms with E-state index in [1.54, 1.807) is 18.9 Å². The molecule has 1 N–H and O–H groups in total. The normalized spacial score (nSPS) is 26.0. The van der Waals surface area contributed by atoms with Gasteiger partial charge in [0.05, 0.1) is 12.0 Å². The maximum absolute atomic E-state index is 13.5. The van der Waals surface area contributed by atoms with E-state index in [4.69, 9.17) is 4.74 Å². The van der Waals surface area contributed by atoms with Crippen molar-refractivity contribution in [2.24, 2.45) is 5.92 Å². The molecule has 0 spiro atoms. The van der Waals surface area contributed by atoms with E-state index in [-0.39, 0.29) is 17.4 Å². The van der Waals surface area contributed by atoms with Gasteiger partial charge in [-0.2, -0.15) is 0 Å². The highest BCUT2D eigenvalue weighted by atomic mass is 32.2. The number of carbonyl (C=O) groups excluding carboxylic acids is 1. The maximum atomic E-state index is 13.5. The van der Waals surface area contributed by atoms with Crippen LogP contribution in [-0.4, -0.2) is 29.5 Å². The lowest BCUT2D eigenvalue weighted by Crippen LogP contribution is -2.48. The summed E-state index contributed by atoms with van der Waals surface area (Å²) in [5, 5.41) is 3.58. The van der Waals surface area contributed by atoms with Crippen LogP contribution in [0.25, 0.3) is 6.08 Å². The molecule has 29 heavy (non-hydrogen) atoms.